The molecule has 1 aromatic carbocycles. The highest BCUT2D eigenvalue weighted by Crippen LogP contribution is 2.17. The topological polar surface area (TPSA) is 60.0 Å². The third-order valence-corrected chi connectivity index (χ3v) is 6.00. The summed E-state index contributed by atoms with van der Waals surface area (Å²) in [5.41, 5.74) is 2.57. The standard InChI is InChI=1S/C22H31N5OS/c1-18(19-9-15-29-17-19)16-25-22(23-2)24-10-8-21(28)27-13-11-26(12-14-27)20-6-4-3-5-7-20/h3-7,9,15,17-18H,8,10-14,16H2,1-2H3,(H2,23,24,25). The highest BCUT2D eigenvalue weighted by Gasteiger charge is 2.20. The first-order valence-corrected chi connectivity index (χ1v) is 11.2. The molecule has 29 heavy (non-hydrogen) atoms. The third-order valence-electron chi connectivity index (χ3n) is 5.30. The Hall–Kier alpha value is -2.54. The average molecular weight is 414 g/mol. The van der Waals surface area contributed by atoms with E-state index in [0.29, 0.717) is 18.9 Å². The van der Waals surface area contributed by atoms with Crippen LogP contribution < -0.4 is 15.5 Å². The Morgan fingerprint density at radius 2 is 1.90 bits per heavy atom. The lowest BCUT2D eigenvalue weighted by Gasteiger charge is -2.36. The Balaban J connectivity index is 1.35. The second-order valence-electron chi connectivity index (χ2n) is 7.29. The Morgan fingerprint density at radius 1 is 1.14 bits per heavy atom. The number of nitrogens with zero attached hydrogens (tertiary/aromatic N) is 3. The van der Waals surface area contributed by atoms with Crippen molar-refractivity contribution >= 4 is 28.9 Å². The van der Waals surface area contributed by atoms with Crippen LogP contribution in [0.2, 0.25) is 0 Å². The van der Waals surface area contributed by atoms with Crippen LogP contribution in [0.1, 0.15) is 24.8 Å². The van der Waals surface area contributed by atoms with Gasteiger partial charge >= 0.3 is 0 Å². The Labute approximate surface area is 177 Å². The second kappa shape index (κ2) is 10.9. The molecule has 3 rings (SSSR count). The first-order chi connectivity index (χ1) is 14.2. The molecule has 1 aromatic heterocycles. The number of carbonyl (C=O) groups is 1. The number of rotatable bonds is 7. The Kier molecular flexibility index (Phi) is 7.93. The minimum atomic E-state index is 0.201. The fraction of sp³-hybridized carbons (Fsp3) is 0.455. The minimum Gasteiger partial charge on any atom is -0.368 e. The van der Waals surface area contributed by atoms with Crippen molar-refractivity contribution in [2.24, 2.45) is 4.99 Å². The van der Waals surface area contributed by atoms with Gasteiger partial charge in [-0.15, -0.1) is 0 Å². The number of thiophene rings is 1. The molecule has 1 aliphatic heterocycles. The summed E-state index contributed by atoms with van der Waals surface area (Å²) in [5, 5.41) is 10.9. The number of nitrogens with one attached hydrogen (secondary N) is 2. The molecular weight excluding hydrogens is 382 g/mol. The van der Waals surface area contributed by atoms with Crippen molar-refractivity contribution in [1.29, 1.82) is 0 Å². The normalized spacial score (nSPS) is 15.9. The van der Waals surface area contributed by atoms with E-state index in [0.717, 1.165) is 38.7 Å². The largest absolute Gasteiger partial charge is 0.368 e. The van der Waals surface area contributed by atoms with Crippen LogP contribution in [0, 0.1) is 0 Å². The van der Waals surface area contributed by atoms with Gasteiger partial charge in [-0.1, -0.05) is 25.1 Å². The van der Waals surface area contributed by atoms with Gasteiger partial charge in [0, 0.05) is 58.4 Å². The van der Waals surface area contributed by atoms with E-state index in [4.69, 9.17) is 0 Å². The molecule has 1 saturated heterocycles. The number of amides is 1. The van der Waals surface area contributed by atoms with Gasteiger partial charge in [0.15, 0.2) is 5.96 Å². The van der Waals surface area contributed by atoms with Crippen molar-refractivity contribution in [3.8, 4) is 0 Å². The number of carbonyl (C=O) groups excluding carboxylic acids is 1. The quantitative estimate of drug-likeness (QED) is 0.541. The summed E-state index contributed by atoms with van der Waals surface area (Å²) >= 11 is 1.72. The molecule has 2 N–H and O–H groups in total. The second-order valence-corrected chi connectivity index (χ2v) is 8.07. The average Bonchev–Trinajstić information content (AvgIpc) is 3.31. The lowest BCUT2D eigenvalue weighted by Crippen LogP contribution is -2.49. The van der Waals surface area contributed by atoms with E-state index < -0.39 is 0 Å². The maximum Gasteiger partial charge on any atom is 0.224 e. The zero-order valence-electron chi connectivity index (χ0n) is 17.3. The first-order valence-electron chi connectivity index (χ1n) is 10.2. The molecule has 0 spiro atoms. The highest BCUT2D eigenvalue weighted by atomic mass is 32.1. The zero-order valence-corrected chi connectivity index (χ0v) is 18.1. The van der Waals surface area contributed by atoms with Gasteiger partial charge < -0.3 is 20.4 Å². The molecule has 1 fully saturated rings. The van der Waals surface area contributed by atoms with E-state index in [9.17, 15) is 4.79 Å². The molecule has 0 aliphatic carbocycles. The molecule has 1 unspecified atom stereocenters. The summed E-state index contributed by atoms with van der Waals surface area (Å²) < 4.78 is 0. The monoisotopic (exact) mass is 413 g/mol. The zero-order chi connectivity index (χ0) is 20.5. The molecule has 1 aliphatic rings. The van der Waals surface area contributed by atoms with E-state index in [1.165, 1.54) is 11.3 Å². The van der Waals surface area contributed by atoms with Gasteiger partial charge in [0.1, 0.15) is 0 Å². The minimum absolute atomic E-state index is 0.201. The van der Waals surface area contributed by atoms with Crippen LogP contribution >= 0.6 is 11.3 Å². The summed E-state index contributed by atoms with van der Waals surface area (Å²) in [4.78, 5) is 21.1. The predicted molar refractivity (Wildman–Crippen MR) is 122 cm³/mol. The van der Waals surface area contributed by atoms with E-state index in [-0.39, 0.29) is 5.91 Å². The fourth-order valence-electron chi connectivity index (χ4n) is 3.44. The molecule has 7 heteroatoms. The van der Waals surface area contributed by atoms with Gasteiger partial charge in [0.2, 0.25) is 5.91 Å². The maximum absolute atomic E-state index is 12.5. The molecule has 0 radical (unpaired) electrons. The molecule has 6 nitrogen and oxygen atoms in total. The lowest BCUT2D eigenvalue weighted by atomic mass is 10.1. The van der Waals surface area contributed by atoms with Crippen LogP contribution in [0.25, 0.3) is 0 Å². The number of anilines is 1. The maximum atomic E-state index is 12.5. The molecular formula is C22H31N5OS. The van der Waals surface area contributed by atoms with Crippen LogP contribution in [0.4, 0.5) is 5.69 Å². The van der Waals surface area contributed by atoms with E-state index in [1.54, 1.807) is 18.4 Å². The van der Waals surface area contributed by atoms with Crippen molar-refractivity contribution in [2.75, 3.05) is 51.2 Å². The summed E-state index contributed by atoms with van der Waals surface area (Å²) in [6.07, 6.45) is 0.478. The number of hydrogen-bond acceptors (Lipinski definition) is 4. The molecule has 2 heterocycles. The number of guanidine groups is 1. The van der Waals surface area contributed by atoms with Gasteiger partial charge in [-0.25, -0.2) is 0 Å². The van der Waals surface area contributed by atoms with E-state index in [1.807, 2.05) is 11.0 Å². The van der Waals surface area contributed by atoms with Crippen molar-refractivity contribution in [1.82, 2.24) is 15.5 Å². The van der Waals surface area contributed by atoms with Crippen LogP contribution in [0.15, 0.2) is 52.2 Å². The number of benzene rings is 1. The number of piperazine rings is 1. The van der Waals surface area contributed by atoms with Crippen molar-refractivity contribution < 1.29 is 4.79 Å². The van der Waals surface area contributed by atoms with Gasteiger partial charge in [-0.05, 0) is 40.4 Å². The third kappa shape index (κ3) is 6.22. The SMILES string of the molecule is CN=C(NCCC(=O)N1CCN(c2ccccc2)CC1)NCC(C)c1ccsc1. The molecule has 2 aromatic rings. The summed E-state index contributed by atoms with van der Waals surface area (Å²) in [6, 6.07) is 12.5. The first kappa shape index (κ1) is 21.2. The number of para-hydroxylation sites is 1. The van der Waals surface area contributed by atoms with Crippen molar-refractivity contribution in [3.05, 3.63) is 52.7 Å². The fourth-order valence-corrected chi connectivity index (χ4v) is 4.22. The van der Waals surface area contributed by atoms with Crippen LogP contribution in [-0.4, -0.2) is 63.1 Å². The Morgan fingerprint density at radius 3 is 2.55 bits per heavy atom. The number of aliphatic imine (C=N–C) groups is 1. The van der Waals surface area contributed by atoms with E-state index in [2.05, 4.69) is 68.5 Å². The van der Waals surface area contributed by atoms with Gasteiger partial charge in [-0.2, -0.15) is 11.3 Å². The summed E-state index contributed by atoms with van der Waals surface area (Å²) in [5.74, 6) is 1.36. The van der Waals surface area contributed by atoms with Crippen LogP contribution in [-0.2, 0) is 4.79 Å². The molecule has 0 saturated carbocycles. The molecule has 156 valence electrons. The van der Waals surface area contributed by atoms with E-state index >= 15 is 0 Å². The molecule has 1 atom stereocenters. The van der Waals surface area contributed by atoms with Crippen LogP contribution in [0.5, 0.6) is 0 Å². The molecule has 1 amide bonds. The summed E-state index contributed by atoms with van der Waals surface area (Å²) in [7, 11) is 1.76. The van der Waals surface area contributed by atoms with Crippen molar-refractivity contribution in [3.63, 3.8) is 0 Å². The van der Waals surface area contributed by atoms with Crippen molar-refractivity contribution in [2.45, 2.75) is 19.3 Å². The van der Waals surface area contributed by atoms with Crippen LogP contribution in [0.3, 0.4) is 0 Å². The highest BCUT2D eigenvalue weighted by molar-refractivity contribution is 7.07. The smallest absolute Gasteiger partial charge is 0.224 e. The van der Waals surface area contributed by atoms with Gasteiger partial charge in [0.25, 0.3) is 0 Å². The summed E-state index contributed by atoms with van der Waals surface area (Å²) in [6.45, 7) is 6.91. The number of hydrogen-bond donors (Lipinski definition) is 2. The Bertz CT molecular complexity index is 770. The predicted octanol–water partition coefficient (Wildman–Crippen LogP) is 2.76. The lowest BCUT2D eigenvalue weighted by molar-refractivity contribution is -0.131. The van der Waals surface area contributed by atoms with Gasteiger partial charge in [-0.3, -0.25) is 9.79 Å². The van der Waals surface area contributed by atoms with Gasteiger partial charge in [0.05, 0.1) is 0 Å². The molecule has 0 bridgehead atoms.